The number of nitrogens with one attached hydrogen (secondary N) is 1. The van der Waals surface area contributed by atoms with Crippen LogP contribution in [0.25, 0.3) is 0 Å². The van der Waals surface area contributed by atoms with Gasteiger partial charge in [0.05, 0.1) is 8.67 Å². The van der Waals surface area contributed by atoms with Crippen LogP contribution in [0, 0.1) is 0 Å². The predicted molar refractivity (Wildman–Crippen MR) is 71.8 cm³/mol. The molecule has 2 atom stereocenters. The van der Waals surface area contributed by atoms with Crippen LogP contribution in [0.1, 0.15) is 31.9 Å². The molecule has 92 valence electrons. The molecule has 0 amide bonds. The SMILES string of the molecule is COCCC(C)NC(C)c1cc(Cl)sc1Cl. The molecule has 0 aliphatic heterocycles. The first-order valence-electron chi connectivity index (χ1n) is 5.24. The maximum absolute atomic E-state index is 6.10. The number of ether oxygens (including phenoxy) is 1. The molecule has 1 N–H and O–H groups in total. The van der Waals surface area contributed by atoms with Crippen molar-refractivity contribution in [1.82, 2.24) is 5.32 Å². The van der Waals surface area contributed by atoms with E-state index < -0.39 is 0 Å². The maximum atomic E-state index is 6.10. The van der Waals surface area contributed by atoms with E-state index in [9.17, 15) is 0 Å². The van der Waals surface area contributed by atoms with E-state index >= 15 is 0 Å². The fourth-order valence-corrected chi connectivity index (χ4v) is 3.19. The Kier molecular flexibility index (Phi) is 6.08. The van der Waals surface area contributed by atoms with E-state index in [0.717, 1.165) is 27.3 Å². The first-order valence-corrected chi connectivity index (χ1v) is 6.81. The molecule has 16 heavy (non-hydrogen) atoms. The van der Waals surface area contributed by atoms with E-state index in [4.69, 9.17) is 27.9 Å². The van der Waals surface area contributed by atoms with Gasteiger partial charge in [-0.15, -0.1) is 11.3 Å². The summed E-state index contributed by atoms with van der Waals surface area (Å²) in [6, 6.07) is 2.53. The number of halogens is 2. The third kappa shape index (κ3) is 4.22. The average Bonchev–Trinajstić information content (AvgIpc) is 2.54. The highest BCUT2D eigenvalue weighted by Gasteiger charge is 2.15. The third-order valence-electron chi connectivity index (χ3n) is 2.44. The van der Waals surface area contributed by atoms with Gasteiger partial charge in [0.1, 0.15) is 0 Å². The lowest BCUT2D eigenvalue weighted by Gasteiger charge is -2.19. The van der Waals surface area contributed by atoms with Crippen molar-refractivity contribution in [2.75, 3.05) is 13.7 Å². The highest BCUT2D eigenvalue weighted by molar-refractivity contribution is 7.20. The van der Waals surface area contributed by atoms with Crippen LogP contribution in [-0.4, -0.2) is 19.8 Å². The van der Waals surface area contributed by atoms with Gasteiger partial charge in [0.15, 0.2) is 0 Å². The summed E-state index contributed by atoms with van der Waals surface area (Å²) in [4.78, 5) is 0. The lowest BCUT2D eigenvalue weighted by molar-refractivity contribution is 0.183. The molecule has 0 radical (unpaired) electrons. The normalized spacial score (nSPS) is 15.1. The summed E-state index contributed by atoms with van der Waals surface area (Å²) < 4.78 is 6.54. The lowest BCUT2D eigenvalue weighted by atomic mass is 10.1. The van der Waals surface area contributed by atoms with Gasteiger partial charge in [0.25, 0.3) is 0 Å². The molecule has 0 aromatic carbocycles. The van der Waals surface area contributed by atoms with Gasteiger partial charge in [0.2, 0.25) is 0 Å². The molecule has 2 nitrogen and oxygen atoms in total. The zero-order valence-electron chi connectivity index (χ0n) is 9.72. The van der Waals surface area contributed by atoms with E-state index in [1.54, 1.807) is 7.11 Å². The van der Waals surface area contributed by atoms with E-state index in [2.05, 4.69) is 19.2 Å². The summed E-state index contributed by atoms with van der Waals surface area (Å²) >= 11 is 13.4. The molecule has 0 spiro atoms. The quantitative estimate of drug-likeness (QED) is 0.847. The monoisotopic (exact) mass is 281 g/mol. The third-order valence-corrected chi connectivity index (χ3v) is 3.96. The molecule has 0 fully saturated rings. The molecule has 0 saturated heterocycles. The van der Waals surface area contributed by atoms with Gasteiger partial charge < -0.3 is 10.1 Å². The van der Waals surface area contributed by atoms with Crippen LogP contribution in [0.15, 0.2) is 6.07 Å². The fourth-order valence-electron chi connectivity index (χ4n) is 1.54. The number of rotatable bonds is 6. The second kappa shape index (κ2) is 6.82. The first-order chi connectivity index (χ1) is 7.54. The Morgan fingerprint density at radius 1 is 1.44 bits per heavy atom. The Balaban J connectivity index is 2.51. The van der Waals surface area contributed by atoms with E-state index in [1.807, 2.05) is 6.07 Å². The number of hydrogen-bond acceptors (Lipinski definition) is 3. The fraction of sp³-hybridized carbons (Fsp3) is 0.636. The van der Waals surface area contributed by atoms with Gasteiger partial charge in [-0.3, -0.25) is 0 Å². The Bertz CT molecular complexity index is 330. The average molecular weight is 282 g/mol. The van der Waals surface area contributed by atoms with Gasteiger partial charge >= 0.3 is 0 Å². The van der Waals surface area contributed by atoms with Gasteiger partial charge in [-0.25, -0.2) is 0 Å². The molecule has 1 aromatic rings. The molecule has 1 aromatic heterocycles. The Hall–Kier alpha value is 0.200. The van der Waals surface area contributed by atoms with Crippen molar-refractivity contribution in [2.24, 2.45) is 0 Å². The summed E-state index contributed by atoms with van der Waals surface area (Å²) in [5, 5.41) is 3.47. The minimum absolute atomic E-state index is 0.211. The second-order valence-electron chi connectivity index (χ2n) is 3.85. The van der Waals surface area contributed by atoms with Crippen LogP contribution in [0.4, 0.5) is 0 Å². The highest BCUT2D eigenvalue weighted by atomic mass is 35.5. The van der Waals surface area contributed by atoms with Crippen molar-refractivity contribution in [3.8, 4) is 0 Å². The Morgan fingerprint density at radius 2 is 2.12 bits per heavy atom. The summed E-state index contributed by atoms with van der Waals surface area (Å²) in [6.45, 7) is 4.99. The minimum atomic E-state index is 0.211. The van der Waals surface area contributed by atoms with E-state index in [1.165, 1.54) is 11.3 Å². The molecule has 0 aliphatic carbocycles. The zero-order valence-corrected chi connectivity index (χ0v) is 12.0. The lowest BCUT2D eigenvalue weighted by Crippen LogP contribution is -2.29. The van der Waals surface area contributed by atoms with Gasteiger partial charge in [-0.1, -0.05) is 23.2 Å². The molecule has 1 heterocycles. The highest BCUT2D eigenvalue weighted by Crippen LogP contribution is 2.34. The van der Waals surface area contributed by atoms with Crippen molar-refractivity contribution in [2.45, 2.75) is 32.4 Å². The molecule has 1 rings (SSSR count). The number of hydrogen-bond donors (Lipinski definition) is 1. The van der Waals surface area contributed by atoms with Crippen molar-refractivity contribution in [3.05, 3.63) is 20.3 Å². The van der Waals surface area contributed by atoms with Crippen molar-refractivity contribution in [3.63, 3.8) is 0 Å². The molecule has 0 bridgehead atoms. The van der Waals surface area contributed by atoms with Crippen LogP contribution in [0.2, 0.25) is 8.67 Å². The molecular formula is C11H17Cl2NOS. The van der Waals surface area contributed by atoms with Crippen LogP contribution in [0.5, 0.6) is 0 Å². The van der Waals surface area contributed by atoms with Crippen molar-refractivity contribution in [1.29, 1.82) is 0 Å². The van der Waals surface area contributed by atoms with Crippen LogP contribution in [-0.2, 0) is 4.74 Å². The standard InChI is InChI=1S/C11H17Cl2NOS/c1-7(4-5-15-3)14-8(2)9-6-10(12)16-11(9)13/h6-8,14H,4-5H2,1-3H3. The number of thiophene rings is 1. The smallest absolute Gasteiger partial charge is 0.0991 e. The van der Waals surface area contributed by atoms with Crippen LogP contribution < -0.4 is 5.32 Å². The molecule has 5 heteroatoms. The molecule has 0 saturated carbocycles. The predicted octanol–water partition coefficient (Wildman–Crippen LogP) is 4.13. The van der Waals surface area contributed by atoms with Gasteiger partial charge in [-0.05, 0) is 31.9 Å². The summed E-state index contributed by atoms with van der Waals surface area (Å²) in [6.07, 6.45) is 0.982. The van der Waals surface area contributed by atoms with Crippen molar-refractivity contribution < 1.29 is 4.74 Å². The maximum Gasteiger partial charge on any atom is 0.0991 e. The summed E-state index contributed by atoms with van der Waals surface area (Å²) in [7, 11) is 1.71. The zero-order chi connectivity index (χ0) is 12.1. The topological polar surface area (TPSA) is 21.3 Å². The van der Waals surface area contributed by atoms with E-state index in [0.29, 0.717) is 6.04 Å². The first kappa shape index (κ1) is 14.3. The Morgan fingerprint density at radius 3 is 2.62 bits per heavy atom. The van der Waals surface area contributed by atoms with Crippen LogP contribution >= 0.6 is 34.5 Å². The number of methoxy groups -OCH3 is 1. The summed E-state index contributed by atoms with van der Waals surface area (Å²) in [5.41, 5.74) is 1.07. The van der Waals surface area contributed by atoms with E-state index in [-0.39, 0.29) is 6.04 Å². The van der Waals surface area contributed by atoms with Gasteiger partial charge in [0, 0.05) is 25.8 Å². The molecular weight excluding hydrogens is 265 g/mol. The molecule has 2 unspecified atom stereocenters. The minimum Gasteiger partial charge on any atom is -0.385 e. The Labute approximate surface area is 111 Å². The largest absolute Gasteiger partial charge is 0.385 e. The second-order valence-corrected chi connectivity index (χ2v) is 6.14. The summed E-state index contributed by atoms with van der Waals surface area (Å²) in [5.74, 6) is 0. The molecule has 0 aliphatic rings. The van der Waals surface area contributed by atoms with Crippen molar-refractivity contribution >= 4 is 34.5 Å². The van der Waals surface area contributed by atoms with Gasteiger partial charge in [-0.2, -0.15) is 0 Å². The van der Waals surface area contributed by atoms with Crippen LogP contribution in [0.3, 0.4) is 0 Å².